The topological polar surface area (TPSA) is 23.8 Å². The van der Waals surface area contributed by atoms with Gasteiger partial charge in [0.15, 0.2) is 0 Å². The molecule has 0 aliphatic carbocycles. The summed E-state index contributed by atoms with van der Waals surface area (Å²) in [7, 11) is 0. The van der Waals surface area contributed by atoms with Crippen LogP contribution in [-0.2, 0) is 0 Å². The second-order valence-corrected chi connectivity index (χ2v) is 4.79. The molecule has 0 aromatic carbocycles. The molecule has 0 atom stereocenters. The maximum atomic E-state index is 8.26. The molecule has 50 valence electrons. The Morgan fingerprint density at radius 3 is 2.67 bits per heavy atom. The lowest BCUT2D eigenvalue weighted by atomic mass is 10.4. The van der Waals surface area contributed by atoms with Crippen LogP contribution in [0.4, 0.5) is 0 Å². The highest BCUT2D eigenvalue weighted by molar-refractivity contribution is 8.20. The van der Waals surface area contributed by atoms with Crippen molar-refractivity contribution < 1.29 is 0 Å². The van der Waals surface area contributed by atoms with Gasteiger partial charge in [0, 0.05) is 17.9 Å². The van der Waals surface area contributed by atoms with E-state index < -0.39 is 0 Å². The summed E-state index contributed by atoms with van der Waals surface area (Å²) in [5, 5.41) is 8.26. The molecule has 0 N–H and O–H groups in total. The van der Waals surface area contributed by atoms with E-state index in [0.29, 0.717) is 0 Å². The van der Waals surface area contributed by atoms with Crippen molar-refractivity contribution >= 4 is 23.5 Å². The van der Waals surface area contributed by atoms with E-state index >= 15 is 0 Å². The van der Waals surface area contributed by atoms with Crippen molar-refractivity contribution in [2.75, 3.05) is 11.5 Å². The number of nitriles is 1. The number of hydrogen-bond acceptors (Lipinski definition) is 3. The fraction of sp³-hybridized carbons (Fsp3) is 0.833. The molecule has 0 aromatic rings. The van der Waals surface area contributed by atoms with Gasteiger partial charge in [0.2, 0.25) is 0 Å². The van der Waals surface area contributed by atoms with E-state index in [9.17, 15) is 0 Å². The summed E-state index contributed by atoms with van der Waals surface area (Å²) in [6.07, 6.45) is 1.80. The quantitative estimate of drug-likeness (QED) is 0.616. The Bertz CT molecular complexity index is 113. The van der Waals surface area contributed by atoms with Crippen molar-refractivity contribution in [2.45, 2.75) is 17.4 Å². The Labute approximate surface area is 64.2 Å². The van der Waals surface area contributed by atoms with E-state index in [4.69, 9.17) is 5.26 Å². The first-order valence-electron chi connectivity index (χ1n) is 3.03. The zero-order chi connectivity index (χ0) is 6.53. The molecule has 0 saturated carbocycles. The third-order valence-electron chi connectivity index (χ3n) is 1.18. The summed E-state index contributed by atoms with van der Waals surface area (Å²) in [5.41, 5.74) is 0. The zero-order valence-corrected chi connectivity index (χ0v) is 6.80. The molecule has 0 unspecified atom stereocenters. The van der Waals surface area contributed by atoms with Crippen LogP contribution in [0.1, 0.15) is 12.8 Å². The van der Waals surface area contributed by atoms with Gasteiger partial charge in [-0.2, -0.15) is 5.26 Å². The standard InChI is InChI=1S/C6H9NS2/c7-3-1-2-6-8-4-5-9-6/h6H,1-2,4-5H2. The summed E-state index contributed by atoms with van der Waals surface area (Å²) in [6, 6.07) is 2.17. The molecule has 1 nitrogen and oxygen atoms in total. The predicted molar refractivity (Wildman–Crippen MR) is 43.6 cm³/mol. The lowest BCUT2D eigenvalue weighted by Gasteiger charge is -2.01. The van der Waals surface area contributed by atoms with Crippen molar-refractivity contribution in [3.8, 4) is 6.07 Å². The smallest absolute Gasteiger partial charge is 0.0622 e. The third kappa shape index (κ3) is 2.51. The van der Waals surface area contributed by atoms with Gasteiger partial charge in [0.05, 0.1) is 10.7 Å². The second kappa shape index (κ2) is 4.08. The van der Waals surface area contributed by atoms with E-state index in [0.717, 1.165) is 17.4 Å². The van der Waals surface area contributed by atoms with E-state index in [1.54, 1.807) is 0 Å². The van der Waals surface area contributed by atoms with E-state index in [1.165, 1.54) is 11.5 Å². The van der Waals surface area contributed by atoms with Crippen LogP contribution in [0.25, 0.3) is 0 Å². The Balaban J connectivity index is 2.06. The first kappa shape index (κ1) is 7.30. The molecule has 0 aromatic heterocycles. The minimum Gasteiger partial charge on any atom is -0.198 e. The average Bonchev–Trinajstić information content (AvgIpc) is 2.34. The number of thioether (sulfide) groups is 2. The molecule has 0 amide bonds. The average molecular weight is 159 g/mol. The molecule has 1 aliphatic heterocycles. The van der Waals surface area contributed by atoms with Crippen molar-refractivity contribution in [1.82, 2.24) is 0 Å². The van der Waals surface area contributed by atoms with Gasteiger partial charge in [-0.15, -0.1) is 23.5 Å². The van der Waals surface area contributed by atoms with E-state index in [2.05, 4.69) is 6.07 Å². The van der Waals surface area contributed by atoms with Crippen LogP contribution in [-0.4, -0.2) is 16.1 Å². The molecule has 1 fully saturated rings. The van der Waals surface area contributed by atoms with Crippen LogP contribution in [0.3, 0.4) is 0 Å². The summed E-state index contributed by atoms with van der Waals surface area (Å²) < 4.78 is 0.727. The monoisotopic (exact) mass is 159 g/mol. The van der Waals surface area contributed by atoms with Gasteiger partial charge in [-0.1, -0.05) is 0 Å². The Hall–Kier alpha value is 0.190. The molecule has 1 rings (SSSR count). The number of nitrogens with zero attached hydrogens (tertiary/aromatic N) is 1. The Morgan fingerprint density at radius 1 is 1.44 bits per heavy atom. The fourth-order valence-corrected chi connectivity index (χ4v) is 3.58. The molecule has 0 spiro atoms. The molecular weight excluding hydrogens is 150 g/mol. The van der Waals surface area contributed by atoms with Crippen LogP contribution in [0.5, 0.6) is 0 Å². The van der Waals surface area contributed by atoms with Crippen LogP contribution in [0.15, 0.2) is 0 Å². The lowest BCUT2D eigenvalue weighted by Crippen LogP contribution is -1.88. The molecule has 0 bridgehead atoms. The normalized spacial score (nSPS) is 19.9. The highest BCUT2D eigenvalue weighted by Crippen LogP contribution is 2.34. The summed E-state index contributed by atoms with van der Waals surface area (Å²) in [5.74, 6) is 2.56. The second-order valence-electron chi connectivity index (χ2n) is 1.87. The Kier molecular flexibility index (Phi) is 3.31. The highest BCUT2D eigenvalue weighted by Gasteiger charge is 2.14. The molecule has 1 saturated heterocycles. The summed E-state index contributed by atoms with van der Waals surface area (Å²) >= 11 is 3.99. The lowest BCUT2D eigenvalue weighted by molar-refractivity contribution is 0.952. The SMILES string of the molecule is N#CCCC1SCCS1. The van der Waals surface area contributed by atoms with Gasteiger partial charge in [0.25, 0.3) is 0 Å². The summed E-state index contributed by atoms with van der Waals surface area (Å²) in [4.78, 5) is 0. The summed E-state index contributed by atoms with van der Waals surface area (Å²) in [6.45, 7) is 0. The van der Waals surface area contributed by atoms with Crippen LogP contribution >= 0.6 is 23.5 Å². The van der Waals surface area contributed by atoms with Gasteiger partial charge in [-0.25, -0.2) is 0 Å². The minimum atomic E-state index is 0.727. The van der Waals surface area contributed by atoms with Crippen molar-refractivity contribution in [3.63, 3.8) is 0 Å². The zero-order valence-electron chi connectivity index (χ0n) is 5.17. The molecule has 1 aliphatic rings. The van der Waals surface area contributed by atoms with Crippen LogP contribution in [0, 0.1) is 11.3 Å². The van der Waals surface area contributed by atoms with Gasteiger partial charge in [-0.3, -0.25) is 0 Å². The van der Waals surface area contributed by atoms with E-state index in [-0.39, 0.29) is 0 Å². The van der Waals surface area contributed by atoms with Crippen molar-refractivity contribution in [3.05, 3.63) is 0 Å². The third-order valence-corrected chi connectivity index (χ3v) is 4.35. The van der Waals surface area contributed by atoms with Gasteiger partial charge in [0.1, 0.15) is 0 Å². The van der Waals surface area contributed by atoms with Crippen LogP contribution in [0.2, 0.25) is 0 Å². The molecule has 3 heteroatoms. The minimum absolute atomic E-state index is 0.727. The van der Waals surface area contributed by atoms with E-state index in [1.807, 2.05) is 23.5 Å². The maximum absolute atomic E-state index is 8.26. The van der Waals surface area contributed by atoms with Crippen LogP contribution < -0.4 is 0 Å². The molecular formula is C6H9NS2. The first-order chi connectivity index (χ1) is 4.43. The van der Waals surface area contributed by atoms with Crippen molar-refractivity contribution in [2.24, 2.45) is 0 Å². The van der Waals surface area contributed by atoms with Gasteiger partial charge >= 0.3 is 0 Å². The van der Waals surface area contributed by atoms with Gasteiger partial charge in [-0.05, 0) is 6.42 Å². The molecule has 9 heavy (non-hydrogen) atoms. The highest BCUT2D eigenvalue weighted by atomic mass is 32.2. The van der Waals surface area contributed by atoms with Crippen molar-refractivity contribution in [1.29, 1.82) is 5.26 Å². The predicted octanol–water partition coefficient (Wildman–Crippen LogP) is 2.10. The molecule has 0 radical (unpaired) electrons. The fourth-order valence-electron chi connectivity index (χ4n) is 0.756. The molecule has 1 heterocycles. The number of rotatable bonds is 2. The Morgan fingerprint density at radius 2 is 2.11 bits per heavy atom. The first-order valence-corrected chi connectivity index (χ1v) is 5.13. The van der Waals surface area contributed by atoms with Gasteiger partial charge < -0.3 is 0 Å². The number of hydrogen-bond donors (Lipinski definition) is 0. The maximum Gasteiger partial charge on any atom is 0.0622 e. The largest absolute Gasteiger partial charge is 0.198 e.